The predicted octanol–water partition coefficient (Wildman–Crippen LogP) is 2.00. The highest BCUT2D eigenvalue weighted by Crippen LogP contribution is 2.22. The predicted molar refractivity (Wildman–Crippen MR) is 83.3 cm³/mol. The van der Waals surface area contributed by atoms with Crippen LogP contribution in [0.4, 0.5) is 5.69 Å². The normalized spacial score (nSPS) is 10.6. The van der Waals surface area contributed by atoms with E-state index in [4.69, 9.17) is 9.47 Å². The highest BCUT2D eigenvalue weighted by atomic mass is 79.9. The van der Waals surface area contributed by atoms with Crippen molar-refractivity contribution in [2.24, 2.45) is 5.10 Å². The molecule has 2 rings (SSSR count). The third-order valence-corrected chi connectivity index (χ3v) is 3.41. The molecule has 0 aliphatic heterocycles. The average Bonchev–Trinajstić information content (AvgIpc) is 2.51. The summed E-state index contributed by atoms with van der Waals surface area (Å²) in [4.78, 5) is 11.4. The van der Waals surface area contributed by atoms with E-state index in [0.29, 0.717) is 21.7 Å². The molecule has 0 aliphatic rings. The fourth-order valence-electron chi connectivity index (χ4n) is 1.57. The molecule has 1 aromatic heterocycles. The van der Waals surface area contributed by atoms with Crippen molar-refractivity contribution in [3.8, 4) is 11.5 Å². The van der Waals surface area contributed by atoms with Gasteiger partial charge in [0.05, 0.1) is 32.3 Å². The topological polar surface area (TPSA) is 88.6 Å². The molecule has 0 spiro atoms. The van der Waals surface area contributed by atoms with E-state index in [1.165, 1.54) is 6.20 Å². The molecule has 1 heterocycles. The third kappa shape index (κ3) is 3.60. The molecule has 0 saturated carbocycles. The van der Waals surface area contributed by atoms with Crippen LogP contribution in [0.3, 0.4) is 0 Å². The van der Waals surface area contributed by atoms with Gasteiger partial charge in [-0.2, -0.15) is 10.2 Å². The molecule has 0 unspecified atom stereocenters. The van der Waals surface area contributed by atoms with Gasteiger partial charge in [-0.1, -0.05) is 0 Å². The smallest absolute Gasteiger partial charge is 0.280 e. The molecule has 110 valence electrons. The van der Waals surface area contributed by atoms with Gasteiger partial charge in [-0.05, 0) is 34.1 Å². The van der Waals surface area contributed by atoms with Crippen molar-refractivity contribution in [1.29, 1.82) is 0 Å². The van der Waals surface area contributed by atoms with Crippen molar-refractivity contribution in [2.45, 2.75) is 0 Å². The molecule has 0 bridgehead atoms. The number of halogens is 1. The third-order valence-electron chi connectivity index (χ3n) is 2.62. The van der Waals surface area contributed by atoms with Crippen LogP contribution in [-0.2, 0) is 0 Å². The van der Waals surface area contributed by atoms with Crippen LogP contribution in [-0.4, -0.2) is 30.6 Å². The van der Waals surface area contributed by atoms with Gasteiger partial charge in [-0.3, -0.25) is 10.2 Å². The fourth-order valence-corrected chi connectivity index (χ4v) is 1.85. The molecule has 0 radical (unpaired) electrons. The number of H-pyrrole nitrogens is 1. The van der Waals surface area contributed by atoms with Crippen LogP contribution in [0, 0.1) is 0 Å². The van der Waals surface area contributed by atoms with Gasteiger partial charge in [0.15, 0.2) is 0 Å². The first-order valence-electron chi connectivity index (χ1n) is 5.90. The summed E-state index contributed by atoms with van der Waals surface area (Å²) in [5.74, 6) is 1.35. The van der Waals surface area contributed by atoms with Crippen molar-refractivity contribution in [2.75, 3.05) is 19.6 Å². The second-order valence-corrected chi connectivity index (χ2v) is 4.70. The average molecular weight is 353 g/mol. The monoisotopic (exact) mass is 352 g/mol. The summed E-state index contributed by atoms with van der Waals surface area (Å²) in [5.41, 5.74) is 3.59. The molecule has 0 amide bonds. The Balaban J connectivity index is 2.21. The zero-order valence-corrected chi connectivity index (χ0v) is 13.0. The van der Waals surface area contributed by atoms with E-state index in [9.17, 15) is 4.79 Å². The van der Waals surface area contributed by atoms with Crippen molar-refractivity contribution < 1.29 is 9.47 Å². The Morgan fingerprint density at radius 2 is 2.19 bits per heavy atom. The number of nitrogens with zero attached hydrogens (tertiary/aromatic N) is 2. The van der Waals surface area contributed by atoms with Gasteiger partial charge >= 0.3 is 0 Å². The minimum absolute atomic E-state index is 0.326. The van der Waals surface area contributed by atoms with Gasteiger partial charge in [0.25, 0.3) is 5.56 Å². The van der Waals surface area contributed by atoms with E-state index in [2.05, 4.69) is 36.7 Å². The first-order chi connectivity index (χ1) is 10.2. The lowest BCUT2D eigenvalue weighted by Crippen LogP contribution is -2.10. The summed E-state index contributed by atoms with van der Waals surface area (Å²) in [6.45, 7) is 0. The molecule has 1 aromatic carbocycles. The lowest BCUT2D eigenvalue weighted by atomic mass is 10.2. The highest BCUT2D eigenvalue weighted by molar-refractivity contribution is 9.10. The molecule has 2 N–H and O–H groups in total. The molecular weight excluding hydrogens is 340 g/mol. The minimum atomic E-state index is -0.339. The Kier molecular flexibility index (Phi) is 4.94. The summed E-state index contributed by atoms with van der Waals surface area (Å²) in [5, 5.41) is 10.0. The van der Waals surface area contributed by atoms with Crippen molar-refractivity contribution in [1.82, 2.24) is 10.2 Å². The van der Waals surface area contributed by atoms with E-state index in [-0.39, 0.29) is 5.56 Å². The van der Waals surface area contributed by atoms with Gasteiger partial charge in [0.2, 0.25) is 0 Å². The zero-order valence-electron chi connectivity index (χ0n) is 11.4. The number of hydrazone groups is 1. The van der Waals surface area contributed by atoms with E-state index in [0.717, 1.165) is 5.56 Å². The summed E-state index contributed by atoms with van der Waals surface area (Å²) in [7, 11) is 3.16. The van der Waals surface area contributed by atoms with E-state index in [1.54, 1.807) is 38.6 Å². The quantitative estimate of drug-likeness (QED) is 0.634. The molecule has 2 aromatic rings. The number of hydrogen-bond donors (Lipinski definition) is 2. The number of rotatable bonds is 5. The Hall–Kier alpha value is -2.35. The Morgan fingerprint density at radius 1 is 1.38 bits per heavy atom. The van der Waals surface area contributed by atoms with Gasteiger partial charge in [0.1, 0.15) is 16.0 Å². The van der Waals surface area contributed by atoms with Crippen LogP contribution < -0.4 is 20.5 Å². The van der Waals surface area contributed by atoms with Crippen LogP contribution in [0.25, 0.3) is 0 Å². The maximum Gasteiger partial charge on any atom is 0.280 e. The molecular formula is C13H13BrN4O3. The molecule has 0 aliphatic carbocycles. The number of aromatic amines is 1. The summed E-state index contributed by atoms with van der Waals surface area (Å²) < 4.78 is 10.7. The number of methoxy groups -OCH3 is 2. The highest BCUT2D eigenvalue weighted by Gasteiger charge is 2.04. The molecule has 0 saturated heterocycles. The van der Waals surface area contributed by atoms with Gasteiger partial charge in [0, 0.05) is 5.56 Å². The number of hydrogen-bond acceptors (Lipinski definition) is 6. The first kappa shape index (κ1) is 15.0. The molecule has 8 heteroatoms. The van der Waals surface area contributed by atoms with Crippen LogP contribution in [0.5, 0.6) is 11.5 Å². The van der Waals surface area contributed by atoms with Gasteiger partial charge in [-0.15, -0.1) is 0 Å². The Bertz CT molecular complexity index is 715. The van der Waals surface area contributed by atoms with Crippen molar-refractivity contribution in [3.63, 3.8) is 0 Å². The summed E-state index contributed by atoms with van der Waals surface area (Å²) in [6, 6.07) is 5.36. The summed E-state index contributed by atoms with van der Waals surface area (Å²) in [6.07, 6.45) is 3.01. The second-order valence-electron chi connectivity index (χ2n) is 3.90. The largest absolute Gasteiger partial charge is 0.497 e. The number of aromatic nitrogens is 2. The second kappa shape index (κ2) is 6.89. The van der Waals surface area contributed by atoms with Gasteiger partial charge < -0.3 is 9.47 Å². The number of anilines is 1. The number of ether oxygens (including phenoxy) is 2. The van der Waals surface area contributed by atoms with Gasteiger partial charge in [-0.25, -0.2) is 5.10 Å². The van der Waals surface area contributed by atoms with E-state index in [1.807, 2.05) is 0 Å². The maximum absolute atomic E-state index is 11.4. The minimum Gasteiger partial charge on any atom is -0.497 e. The molecule has 21 heavy (non-hydrogen) atoms. The number of benzene rings is 1. The standard InChI is InChI=1S/C13H13BrN4O3/c1-20-9-3-4-11(21-2)8(5-9)6-15-17-10-7-16-18-13(19)12(10)14/h3-7H,1-2H3,(H2,17,18,19)/b15-6-. The van der Waals surface area contributed by atoms with Crippen molar-refractivity contribution in [3.05, 3.63) is 44.8 Å². The van der Waals surface area contributed by atoms with E-state index >= 15 is 0 Å². The van der Waals surface area contributed by atoms with Crippen LogP contribution in [0.15, 0.2) is 38.8 Å². The first-order valence-corrected chi connectivity index (χ1v) is 6.69. The SMILES string of the molecule is COc1ccc(OC)c(/C=N\Nc2cn[nH]c(=O)c2Br)c1. The zero-order chi connectivity index (χ0) is 15.2. The molecule has 0 fully saturated rings. The van der Waals surface area contributed by atoms with Crippen molar-refractivity contribution >= 4 is 27.8 Å². The lowest BCUT2D eigenvalue weighted by Gasteiger charge is -2.07. The van der Waals surface area contributed by atoms with Crippen LogP contribution in [0.1, 0.15) is 5.56 Å². The number of nitrogens with one attached hydrogen (secondary N) is 2. The molecule has 7 nitrogen and oxygen atoms in total. The lowest BCUT2D eigenvalue weighted by molar-refractivity contribution is 0.402. The molecule has 0 atom stereocenters. The summed E-state index contributed by atoms with van der Waals surface area (Å²) >= 11 is 3.15. The van der Waals surface area contributed by atoms with E-state index < -0.39 is 0 Å². The Morgan fingerprint density at radius 3 is 2.90 bits per heavy atom. The van der Waals surface area contributed by atoms with Crippen LogP contribution in [0.2, 0.25) is 0 Å². The van der Waals surface area contributed by atoms with Crippen LogP contribution >= 0.6 is 15.9 Å². The fraction of sp³-hybridized carbons (Fsp3) is 0.154. The Labute approximate surface area is 129 Å². The maximum atomic E-state index is 11.4.